The number of nitrogens with zero attached hydrogens (tertiary/aromatic N) is 1. The first-order valence-electron chi connectivity index (χ1n) is 5.18. The Labute approximate surface area is 83.7 Å². The summed E-state index contributed by atoms with van der Waals surface area (Å²) in [5.41, 5.74) is 0.239. The molecule has 0 aliphatic carbocycles. The maximum atomic E-state index is 3.56. The molecule has 0 saturated carbocycles. The lowest BCUT2D eigenvalue weighted by Gasteiger charge is -2.34. The maximum Gasteiger partial charge on any atom is 0.0271 e. The van der Waals surface area contributed by atoms with Gasteiger partial charge in [0, 0.05) is 18.1 Å². The molecule has 0 heterocycles. The van der Waals surface area contributed by atoms with E-state index in [1.807, 2.05) is 0 Å². The summed E-state index contributed by atoms with van der Waals surface area (Å²) in [5, 5.41) is 3.56. The van der Waals surface area contributed by atoms with Crippen molar-refractivity contribution >= 4 is 0 Å². The summed E-state index contributed by atoms with van der Waals surface area (Å²) in [6.07, 6.45) is 0. The first kappa shape index (κ1) is 12.9. The smallest absolute Gasteiger partial charge is 0.0271 e. The zero-order valence-electron chi connectivity index (χ0n) is 10.3. The Morgan fingerprint density at radius 3 is 1.92 bits per heavy atom. The third kappa shape index (κ3) is 4.63. The maximum absolute atomic E-state index is 3.56. The highest BCUT2D eigenvalue weighted by atomic mass is 15.2. The van der Waals surface area contributed by atoms with Gasteiger partial charge in [0.15, 0.2) is 0 Å². The van der Waals surface area contributed by atoms with Crippen molar-refractivity contribution in [2.24, 2.45) is 5.92 Å². The zero-order chi connectivity index (χ0) is 10.6. The summed E-state index contributed by atoms with van der Waals surface area (Å²) in [6.45, 7) is 12.3. The minimum absolute atomic E-state index is 0.239. The van der Waals surface area contributed by atoms with Crippen molar-refractivity contribution in [1.82, 2.24) is 10.2 Å². The molecule has 0 spiro atoms. The Hall–Kier alpha value is -0.0800. The van der Waals surface area contributed by atoms with Crippen LogP contribution in [0.2, 0.25) is 0 Å². The standard InChI is InChI=1S/C11H26N2/c1-9(2)10(3)12-8-11(4,5)13(6)7/h9-10,12H,8H2,1-7H3. The molecule has 0 radical (unpaired) electrons. The van der Waals surface area contributed by atoms with Crippen LogP contribution in [0, 0.1) is 5.92 Å². The summed E-state index contributed by atoms with van der Waals surface area (Å²) in [6, 6.07) is 0.597. The van der Waals surface area contributed by atoms with Gasteiger partial charge >= 0.3 is 0 Å². The average molecular weight is 186 g/mol. The molecule has 1 N–H and O–H groups in total. The molecule has 0 fully saturated rings. The second kappa shape index (κ2) is 4.97. The fourth-order valence-electron chi connectivity index (χ4n) is 0.805. The molecule has 80 valence electrons. The van der Waals surface area contributed by atoms with Crippen LogP contribution in [0.5, 0.6) is 0 Å². The lowest BCUT2D eigenvalue weighted by molar-refractivity contribution is 0.181. The Bertz CT molecular complexity index is 139. The molecule has 2 heteroatoms. The van der Waals surface area contributed by atoms with E-state index in [-0.39, 0.29) is 5.54 Å². The summed E-state index contributed by atoms with van der Waals surface area (Å²) >= 11 is 0. The highest BCUT2D eigenvalue weighted by Gasteiger charge is 2.21. The summed E-state index contributed by atoms with van der Waals surface area (Å²) in [4.78, 5) is 2.26. The van der Waals surface area contributed by atoms with E-state index in [2.05, 4.69) is 58.9 Å². The van der Waals surface area contributed by atoms with Gasteiger partial charge in [-0.25, -0.2) is 0 Å². The monoisotopic (exact) mass is 186 g/mol. The van der Waals surface area contributed by atoms with E-state index in [4.69, 9.17) is 0 Å². The Morgan fingerprint density at radius 1 is 1.15 bits per heavy atom. The SMILES string of the molecule is CC(C)C(C)NCC(C)(C)N(C)C. The van der Waals surface area contributed by atoms with Gasteiger partial charge in [-0.2, -0.15) is 0 Å². The highest BCUT2D eigenvalue weighted by molar-refractivity contribution is 4.81. The van der Waals surface area contributed by atoms with Crippen molar-refractivity contribution < 1.29 is 0 Å². The van der Waals surface area contributed by atoms with Gasteiger partial charge in [-0.3, -0.25) is 0 Å². The van der Waals surface area contributed by atoms with Crippen LogP contribution in [-0.4, -0.2) is 37.1 Å². The quantitative estimate of drug-likeness (QED) is 0.706. The van der Waals surface area contributed by atoms with E-state index in [1.165, 1.54) is 0 Å². The third-order valence-corrected chi connectivity index (χ3v) is 3.07. The molecule has 0 aliphatic rings. The topological polar surface area (TPSA) is 15.3 Å². The van der Waals surface area contributed by atoms with Gasteiger partial charge in [0.1, 0.15) is 0 Å². The number of rotatable bonds is 5. The van der Waals surface area contributed by atoms with E-state index in [1.54, 1.807) is 0 Å². The molecule has 2 nitrogen and oxygen atoms in total. The number of nitrogens with one attached hydrogen (secondary N) is 1. The zero-order valence-corrected chi connectivity index (χ0v) is 10.3. The Morgan fingerprint density at radius 2 is 1.62 bits per heavy atom. The molecule has 1 atom stereocenters. The van der Waals surface area contributed by atoms with Gasteiger partial charge < -0.3 is 10.2 Å². The van der Waals surface area contributed by atoms with E-state index < -0.39 is 0 Å². The lowest BCUT2D eigenvalue weighted by Crippen LogP contribution is -2.49. The van der Waals surface area contributed by atoms with Crippen LogP contribution in [0.25, 0.3) is 0 Å². The van der Waals surface area contributed by atoms with Crippen LogP contribution in [0.15, 0.2) is 0 Å². The molecule has 0 amide bonds. The second-order valence-electron chi connectivity index (χ2n) is 5.12. The number of likely N-dealkylation sites (N-methyl/N-ethyl adjacent to an activating group) is 1. The molecule has 0 aromatic heterocycles. The molecule has 0 bridgehead atoms. The van der Waals surface area contributed by atoms with Crippen molar-refractivity contribution in [3.05, 3.63) is 0 Å². The summed E-state index contributed by atoms with van der Waals surface area (Å²) in [5.74, 6) is 0.706. The fraction of sp³-hybridized carbons (Fsp3) is 1.00. The molecular weight excluding hydrogens is 160 g/mol. The van der Waals surface area contributed by atoms with E-state index in [9.17, 15) is 0 Å². The number of hydrogen-bond donors (Lipinski definition) is 1. The molecule has 0 saturated heterocycles. The van der Waals surface area contributed by atoms with Gasteiger partial charge in [0.25, 0.3) is 0 Å². The summed E-state index contributed by atoms with van der Waals surface area (Å²) < 4.78 is 0. The molecule has 13 heavy (non-hydrogen) atoms. The molecule has 1 unspecified atom stereocenters. The van der Waals surface area contributed by atoms with E-state index in [0.29, 0.717) is 12.0 Å². The minimum atomic E-state index is 0.239. The number of hydrogen-bond acceptors (Lipinski definition) is 2. The van der Waals surface area contributed by atoms with Gasteiger partial charge in [0.05, 0.1) is 0 Å². The van der Waals surface area contributed by atoms with Gasteiger partial charge in [-0.1, -0.05) is 13.8 Å². The fourth-order valence-corrected chi connectivity index (χ4v) is 0.805. The van der Waals surface area contributed by atoms with E-state index >= 15 is 0 Å². The van der Waals surface area contributed by atoms with Crippen LogP contribution >= 0.6 is 0 Å². The van der Waals surface area contributed by atoms with Crippen LogP contribution in [0.4, 0.5) is 0 Å². The highest BCUT2D eigenvalue weighted by Crippen LogP contribution is 2.09. The first-order chi connectivity index (χ1) is 5.77. The van der Waals surface area contributed by atoms with Crippen LogP contribution < -0.4 is 5.32 Å². The predicted octanol–water partition coefficient (Wildman–Crippen LogP) is 1.96. The molecule has 0 rings (SSSR count). The normalized spacial score (nSPS) is 15.5. The second-order valence-corrected chi connectivity index (χ2v) is 5.12. The Kier molecular flexibility index (Phi) is 4.93. The summed E-state index contributed by atoms with van der Waals surface area (Å²) in [7, 11) is 4.25. The molecular formula is C11H26N2. The van der Waals surface area contributed by atoms with Gasteiger partial charge in [0.2, 0.25) is 0 Å². The molecule has 0 aliphatic heterocycles. The van der Waals surface area contributed by atoms with Crippen molar-refractivity contribution in [2.45, 2.75) is 46.2 Å². The molecule has 0 aromatic carbocycles. The predicted molar refractivity (Wildman–Crippen MR) is 60.1 cm³/mol. The third-order valence-electron chi connectivity index (χ3n) is 3.07. The van der Waals surface area contributed by atoms with Crippen LogP contribution in [0.1, 0.15) is 34.6 Å². The van der Waals surface area contributed by atoms with Gasteiger partial charge in [-0.15, -0.1) is 0 Å². The van der Waals surface area contributed by atoms with Crippen LogP contribution in [-0.2, 0) is 0 Å². The van der Waals surface area contributed by atoms with Crippen molar-refractivity contribution in [2.75, 3.05) is 20.6 Å². The Balaban J connectivity index is 3.88. The van der Waals surface area contributed by atoms with Crippen molar-refractivity contribution in [3.8, 4) is 0 Å². The lowest BCUT2D eigenvalue weighted by atomic mass is 10.0. The first-order valence-corrected chi connectivity index (χ1v) is 5.18. The largest absolute Gasteiger partial charge is 0.312 e. The average Bonchev–Trinajstić information content (AvgIpc) is 1.99. The van der Waals surface area contributed by atoms with Crippen LogP contribution in [0.3, 0.4) is 0 Å². The minimum Gasteiger partial charge on any atom is -0.312 e. The van der Waals surface area contributed by atoms with E-state index in [0.717, 1.165) is 6.54 Å². The van der Waals surface area contributed by atoms with Crippen molar-refractivity contribution in [1.29, 1.82) is 0 Å². The van der Waals surface area contributed by atoms with Gasteiger partial charge in [-0.05, 0) is 40.8 Å². The van der Waals surface area contributed by atoms with Crippen molar-refractivity contribution in [3.63, 3.8) is 0 Å². The molecule has 0 aromatic rings.